The average molecular weight is 408 g/mol. The third-order valence-electron chi connectivity index (χ3n) is 1.72. The van der Waals surface area contributed by atoms with Gasteiger partial charge in [0.15, 0.2) is 11.6 Å². The fourth-order valence-corrected chi connectivity index (χ4v) is 1.76. The minimum absolute atomic E-state index is 0.00423. The number of nitriles is 1. The highest BCUT2D eigenvalue weighted by molar-refractivity contribution is 14.1. The molecule has 0 bridgehead atoms. The minimum atomic E-state index is -0.443. The first-order valence-corrected chi connectivity index (χ1v) is 6.09. The summed E-state index contributed by atoms with van der Waals surface area (Å²) in [5.41, 5.74) is 7.69. The van der Waals surface area contributed by atoms with E-state index < -0.39 is 5.84 Å². The molecule has 1 aromatic rings. The van der Waals surface area contributed by atoms with E-state index in [9.17, 15) is 5.11 Å². The largest absolute Gasteiger partial charge is 0.505 e. The van der Waals surface area contributed by atoms with Crippen LogP contribution in [0.5, 0.6) is 5.75 Å². The van der Waals surface area contributed by atoms with Gasteiger partial charge < -0.3 is 10.8 Å². The van der Waals surface area contributed by atoms with Gasteiger partial charge in [0.1, 0.15) is 11.8 Å². The lowest BCUT2D eigenvalue weighted by molar-refractivity contribution is 0.473. The number of hydrogen-bond donors (Lipinski definition) is 4. The summed E-state index contributed by atoms with van der Waals surface area (Å²) in [5, 5.41) is 29.1. The minimum Gasteiger partial charge on any atom is -0.505 e. The van der Waals surface area contributed by atoms with Crippen molar-refractivity contribution >= 4 is 55.8 Å². The van der Waals surface area contributed by atoms with E-state index in [0.717, 1.165) is 0 Å². The van der Waals surface area contributed by atoms with E-state index in [1.54, 1.807) is 18.2 Å². The Morgan fingerprint density at radius 1 is 1.65 bits per heavy atom. The van der Waals surface area contributed by atoms with E-state index in [1.165, 1.54) is 0 Å². The summed E-state index contributed by atoms with van der Waals surface area (Å²) in [5.74, 6) is -0.439. The molecule has 1 aromatic carbocycles. The zero-order valence-corrected chi connectivity index (χ0v) is 12.1. The highest BCUT2D eigenvalue weighted by atomic mass is 127. The SMILES string of the molecule is N#C/C(=N\Nc1c(Br)ccc(I)c1O)C(=N)N. The van der Waals surface area contributed by atoms with E-state index >= 15 is 0 Å². The van der Waals surface area contributed by atoms with Crippen LogP contribution in [0.2, 0.25) is 0 Å². The van der Waals surface area contributed by atoms with Crippen molar-refractivity contribution < 1.29 is 5.11 Å². The van der Waals surface area contributed by atoms with Crippen LogP contribution in [0.25, 0.3) is 0 Å². The van der Waals surface area contributed by atoms with Crippen LogP contribution in [0.1, 0.15) is 0 Å². The molecule has 0 aliphatic rings. The van der Waals surface area contributed by atoms with E-state index in [2.05, 4.69) is 26.5 Å². The number of benzene rings is 1. The fraction of sp³-hybridized carbons (Fsp3) is 0. The third kappa shape index (κ3) is 3.31. The zero-order valence-electron chi connectivity index (χ0n) is 8.33. The maximum absolute atomic E-state index is 9.77. The standard InChI is InChI=1S/C9H7BrIN5O/c10-4-1-2-5(11)8(17)7(4)16-15-6(3-12)9(13)14/h1-2,16-17H,(H3,13,14)/b15-6+. The Labute approximate surface area is 119 Å². The highest BCUT2D eigenvalue weighted by Gasteiger charge is 2.10. The van der Waals surface area contributed by atoms with Gasteiger partial charge in [-0.3, -0.25) is 10.8 Å². The monoisotopic (exact) mass is 407 g/mol. The molecule has 6 nitrogen and oxygen atoms in total. The van der Waals surface area contributed by atoms with Crippen LogP contribution < -0.4 is 11.2 Å². The summed E-state index contributed by atoms with van der Waals surface area (Å²) in [4.78, 5) is 0. The fourth-order valence-electron chi connectivity index (χ4n) is 0.905. The van der Waals surface area contributed by atoms with Crippen molar-refractivity contribution in [1.82, 2.24) is 0 Å². The Bertz CT molecular complexity index is 537. The van der Waals surface area contributed by atoms with Gasteiger partial charge in [-0.05, 0) is 50.7 Å². The Morgan fingerprint density at radius 3 is 2.82 bits per heavy atom. The second-order valence-electron chi connectivity index (χ2n) is 2.85. The molecule has 17 heavy (non-hydrogen) atoms. The molecule has 88 valence electrons. The molecule has 5 N–H and O–H groups in total. The number of nitrogens with zero attached hydrogens (tertiary/aromatic N) is 2. The first-order valence-electron chi connectivity index (χ1n) is 4.22. The van der Waals surface area contributed by atoms with Gasteiger partial charge in [-0.25, -0.2) is 0 Å². The molecule has 0 atom stereocenters. The molecule has 0 saturated carbocycles. The molecule has 0 radical (unpaired) electrons. The second kappa shape index (κ2) is 5.83. The molecular formula is C9H7BrIN5O. The van der Waals surface area contributed by atoms with Crippen LogP contribution in [-0.2, 0) is 0 Å². The van der Waals surface area contributed by atoms with Crippen molar-refractivity contribution in [3.8, 4) is 11.8 Å². The van der Waals surface area contributed by atoms with Gasteiger partial charge in [-0.2, -0.15) is 10.4 Å². The van der Waals surface area contributed by atoms with Crippen LogP contribution in [-0.4, -0.2) is 16.7 Å². The second-order valence-corrected chi connectivity index (χ2v) is 4.87. The number of phenols is 1. The van der Waals surface area contributed by atoms with Gasteiger partial charge >= 0.3 is 0 Å². The summed E-state index contributed by atoms with van der Waals surface area (Å²) < 4.78 is 1.21. The number of nitrogens with one attached hydrogen (secondary N) is 2. The van der Waals surface area contributed by atoms with E-state index in [1.807, 2.05) is 22.6 Å². The number of nitrogens with two attached hydrogens (primary N) is 1. The lowest BCUT2D eigenvalue weighted by atomic mass is 10.3. The van der Waals surface area contributed by atoms with Gasteiger partial charge in [-0.15, -0.1) is 0 Å². The predicted octanol–water partition coefficient (Wildman–Crippen LogP) is 1.99. The first kappa shape index (κ1) is 13.7. The molecule has 0 saturated heterocycles. The molecule has 0 amide bonds. The van der Waals surface area contributed by atoms with Crippen molar-refractivity contribution in [2.75, 3.05) is 5.43 Å². The number of hydrazone groups is 1. The average Bonchev–Trinajstić information content (AvgIpc) is 2.28. The van der Waals surface area contributed by atoms with Crippen LogP contribution in [0.15, 0.2) is 21.7 Å². The van der Waals surface area contributed by atoms with Crippen LogP contribution >= 0.6 is 38.5 Å². The number of rotatable bonds is 3. The van der Waals surface area contributed by atoms with E-state index in [-0.39, 0.29) is 11.5 Å². The predicted molar refractivity (Wildman–Crippen MR) is 77.1 cm³/mol. The van der Waals surface area contributed by atoms with Gasteiger partial charge in [0.05, 0.1) is 3.57 Å². The van der Waals surface area contributed by atoms with Crippen molar-refractivity contribution in [3.05, 3.63) is 20.2 Å². The number of halogens is 2. The third-order valence-corrected chi connectivity index (χ3v) is 3.25. The van der Waals surface area contributed by atoms with Crippen molar-refractivity contribution in [2.24, 2.45) is 10.8 Å². The summed E-state index contributed by atoms with van der Waals surface area (Å²) in [6, 6.07) is 5.10. The lowest BCUT2D eigenvalue weighted by Gasteiger charge is -2.08. The lowest BCUT2D eigenvalue weighted by Crippen LogP contribution is -2.21. The van der Waals surface area contributed by atoms with Gasteiger partial charge in [0.25, 0.3) is 0 Å². The molecule has 0 unspecified atom stereocenters. The van der Waals surface area contributed by atoms with E-state index in [4.69, 9.17) is 16.4 Å². The topological polar surface area (TPSA) is 118 Å². The maximum Gasteiger partial charge on any atom is 0.201 e. The Balaban J connectivity index is 3.09. The molecule has 0 heterocycles. The molecule has 8 heteroatoms. The van der Waals surface area contributed by atoms with Crippen molar-refractivity contribution in [1.29, 1.82) is 10.7 Å². The molecule has 0 fully saturated rings. The normalized spacial score (nSPS) is 10.8. The van der Waals surface area contributed by atoms with Crippen molar-refractivity contribution in [3.63, 3.8) is 0 Å². The summed E-state index contributed by atoms with van der Waals surface area (Å²) in [6.07, 6.45) is 0. The maximum atomic E-state index is 9.77. The number of amidine groups is 1. The molecule has 0 aliphatic carbocycles. The Kier molecular flexibility index (Phi) is 4.71. The molecule has 0 aliphatic heterocycles. The van der Waals surface area contributed by atoms with Gasteiger partial charge in [0, 0.05) is 4.47 Å². The van der Waals surface area contributed by atoms with Crippen LogP contribution in [0, 0.1) is 20.3 Å². The summed E-state index contributed by atoms with van der Waals surface area (Å²) in [6.45, 7) is 0. The Morgan fingerprint density at radius 2 is 2.29 bits per heavy atom. The number of aromatic hydroxyl groups is 1. The van der Waals surface area contributed by atoms with E-state index in [0.29, 0.717) is 13.7 Å². The molecule has 0 aromatic heterocycles. The summed E-state index contributed by atoms with van der Waals surface area (Å²) in [7, 11) is 0. The first-order chi connectivity index (χ1) is 7.97. The number of phenolic OH excluding ortho intramolecular Hbond substituents is 1. The van der Waals surface area contributed by atoms with Crippen LogP contribution in [0.4, 0.5) is 5.69 Å². The van der Waals surface area contributed by atoms with Crippen molar-refractivity contribution in [2.45, 2.75) is 0 Å². The molecule has 0 spiro atoms. The Hall–Kier alpha value is -1.34. The highest BCUT2D eigenvalue weighted by Crippen LogP contribution is 2.35. The number of hydrogen-bond acceptors (Lipinski definition) is 5. The molecule has 1 rings (SSSR count). The smallest absolute Gasteiger partial charge is 0.201 e. The van der Waals surface area contributed by atoms with Gasteiger partial charge in [0.2, 0.25) is 5.71 Å². The zero-order chi connectivity index (χ0) is 13.0. The summed E-state index contributed by atoms with van der Waals surface area (Å²) >= 11 is 5.18. The molecular weight excluding hydrogens is 401 g/mol. The van der Waals surface area contributed by atoms with Gasteiger partial charge in [-0.1, -0.05) is 0 Å². The quantitative estimate of drug-likeness (QED) is 0.201. The number of anilines is 1. The van der Waals surface area contributed by atoms with Crippen LogP contribution in [0.3, 0.4) is 0 Å².